The average molecular weight is 495 g/mol. The van der Waals surface area contributed by atoms with Crippen molar-refractivity contribution in [1.29, 1.82) is 0 Å². The topological polar surface area (TPSA) is 85.8 Å². The molecule has 1 saturated heterocycles. The molecule has 1 aliphatic heterocycles. The first kappa shape index (κ1) is 23.0. The van der Waals surface area contributed by atoms with Crippen LogP contribution < -0.4 is 9.64 Å². The van der Waals surface area contributed by atoms with Crippen LogP contribution in [0.1, 0.15) is 30.1 Å². The zero-order chi connectivity index (χ0) is 22.9. The first-order valence-corrected chi connectivity index (χ1v) is 13.1. The molecular formula is C22H23ClN2O5S2. The molecule has 1 atom stereocenters. The first-order valence-electron chi connectivity index (χ1n) is 10.2. The normalized spacial score (nSPS) is 16.4. The molecule has 0 spiro atoms. The number of anilines is 1. The minimum Gasteiger partial charge on any atom is -0.494 e. The monoisotopic (exact) mass is 494 g/mol. The number of rotatable bonds is 7. The Labute approximate surface area is 195 Å². The van der Waals surface area contributed by atoms with Crippen molar-refractivity contribution in [2.45, 2.75) is 30.8 Å². The van der Waals surface area contributed by atoms with Gasteiger partial charge in [-0.3, -0.25) is 9.69 Å². The number of nitrogens with zero attached hydrogens (tertiary/aromatic N) is 2. The Morgan fingerprint density at radius 3 is 2.66 bits per heavy atom. The van der Waals surface area contributed by atoms with Gasteiger partial charge in [-0.1, -0.05) is 29.9 Å². The van der Waals surface area contributed by atoms with Crippen LogP contribution in [-0.2, 0) is 14.6 Å². The number of benzene rings is 2. The summed E-state index contributed by atoms with van der Waals surface area (Å²) in [4.78, 5) is 19.9. The summed E-state index contributed by atoms with van der Waals surface area (Å²) >= 11 is 7.68. The summed E-state index contributed by atoms with van der Waals surface area (Å²) in [5.74, 6) is 0.292. The molecule has 1 amide bonds. The fourth-order valence-electron chi connectivity index (χ4n) is 3.59. The van der Waals surface area contributed by atoms with E-state index in [9.17, 15) is 13.2 Å². The maximum absolute atomic E-state index is 13.5. The van der Waals surface area contributed by atoms with Gasteiger partial charge in [-0.05, 0) is 49.2 Å². The number of carbonyl (C=O) groups excluding carboxylic acids is 1. The van der Waals surface area contributed by atoms with Crippen LogP contribution in [0.3, 0.4) is 0 Å². The maximum atomic E-state index is 13.5. The van der Waals surface area contributed by atoms with Crippen LogP contribution in [0, 0.1) is 0 Å². The first-order chi connectivity index (χ1) is 15.3. The second kappa shape index (κ2) is 9.35. The number of amides is 1. The van der Waals surface area contributed by atoms with E-state index in [1.165, 1.54) is 35.6 Å². The Morgan fingerprint density at radius 1 is 1.28 bits per heavy atom. The van der Waals surface area contributed by atoms with Crippen molar-refractivity contribution in [2.75, 3.05) is 30.9 Å². The van der Waals surface area contributed by atoms with Gasteiger partial charge in [0.15, 0.2) is 15.0 Å². The Bertz CT molecular complexity index is 1240. The second-order valence-electron chi connectivity index (χ2n) is 7.40. The zero-order valence-corrected chi connectivity index (χ0v) is 20.1. The summed E-state index contributed by atoms with van der Waals surface area (Å²) in [5.41, 5.74) is 0.963. The van der Waals surface area contributed by atoms with Crippen LogP contribution in [0.15, 0.2) is 41.3 Å². The van der Waals surface area contributed by atoms with Crippen LogP contribution in [0.5, 0.6) is 5.75 Å². The highest BCUT2D eigenvalue weighted by Gasteiger charge is 2.28. The smallest absolute Gasteiger partial charge is 0.260 e. The molecule has 1 unspecified atom stereocenters. The Balaban J connectivity index is 1.73. The molecule has 4 rings (SSSR count). The van der Waals surface area contributed by atoms with Crippen molar-refractivity contribution in [3.05, 3.63) is 47.0 Å². The lowest BCUT2D eigenvalue weighted by Crippen LogP contribution is -2.37. The molecule has 170 valence electrons. The number of carbonyl (C=O) groups is 1. The minimum absolute atomic E-state index is 0.000264. The molecule has 1 aromatic heterocycles. The van der Waals surface area contributed by atoms with E-state index in [0.29, 0.717) is 40.1 Å². The fraction of sp³-hybridized carbons (Fsp3) is 0.364. The number of thiazole rings is 1. The maximum Gasteiger partial charge on any atom is 0.260 e. The second-order valence-corrected chi connectivity index (χ2v) is 11.1. The third kappa shape index (κ3) is 4.47. The Kier molecular flexibility index (Phi) is 6.71. The number of sulfone groups is 1. The molecule has 0 bridgehead atoms. The van der Waals surface area contributed by atoms with Crippen LogP contribution in [0.4, 0.5) is 5.13 Å². The molecule has 2 heterocycles. The SMILES string of the molecule is CCS(=O)(=O)c1ccc(C(=O)N(CC2CCCO2)c2nc3c(OC)ccc(Cl)c3s2)cc1. The lowest BCUT2D eigenvalue weighted by atomic mass is 10.2. The predicted molar refractivity (Wildman–Crippen MR) is 126 cm³/mol. The predicted octanol–water partition coefficient (Wildman–Crippen LogP) is 4.58. The van der Waals surface area contributed by atoms with Gasteiger partial charge in [0.2, 0.25) is 0 Å². The highest BCUT2D eigenvalue weighted by atomic mass is 35.5. The molecule has 0 radical (unpaired) electrons. The highest BCUT2D eigenvalue weighted by molar-refractivity contribution is 7.91. The van der Waals surface area contributed by atoms with Gasteiger partial charge in [-0.25, -0.2) is 13.4 Å². The van der Waals surface area contributed by atoms with E-state index >= 15 is 0 Å². The van der Waals surface area contributed by atoms with Gasteiger partial charge in [-0.2, -0.15) is 0 Å². The number of hydrogen-bond donors (Lipinski definition) is 0. The van der Waals surface area contributed by atoms with E-state index in [1.807, 2.05) is 0 Å². The summed E-state index contributed by atoms with van der Waals surface area (Å²) in [6.45, 7) is 2.59. The number of methoxy groups -OCH3 is 1. The van der Waals surface area contributed by atoms with Gasteiger partial charge in [0.25, 0.3) is 5.91 Å². The summed E-state index contributed by atoms with van der Waals surface area (Å²) < 4.78 is 36.1. The average Bonchev–Trinajstić information content (AvgIpc) is 3.48. The van der Waals surface area contributed by atoms with Crippen LogP contribution in [-0.4, -0.2) is 51.4 Å². The molecule has 10 heteroatoms. The van der Waals surface area contributed by atoms with Crippen LogP contribution in [0.2, 0.25) is 5.02 Å². The Hall–Kier alpha value is -2.20. The quantitative estimate of drug-likeness (QED) is 0.478. The molecule has 1 fully saturated rings. The van der Waals surface area contributed by atoms with Gasteiger partial charge < -0.3 is 9.47 Å². The van der Waals surface area contributed by atoms with Gasteiger partial charge >= 0.3 is 0 Å². The third-order valence-corrected chi connectivity index (χ3v) is 8.68. The summed E-state index contributed by atoms with van der Waals surface area (Å²) in [5, 5.41) is 1.01. The van der Waals surface area contributed by atoms with Crippen molar-refractivity contribution >= 4 is 54.0 Å². The number of halogens is 1. The van der Waals surface area contributed by atoms with Crippen molar-refractivity contribution in [3.8, 4) is 5.75 Å². The van der Waals surface area contributed by atoms with E-state index in [0.717, 1.165) is 17.5 Å². The zero-order valence-electron chi connectivity index (χ0n) is 17.7. The van der Waals surface area contributed by atoms with Gasteiger partial charge in [0.05, 0.1) is 40.1 Å². The van der Waals surface area contributed by atoms with E-state index in [4.69, 9.17) is 21.1 Å². The molecule has 0 aliphatic carbocycles. The number of hydrogen-bond acceptors (Lipinski definition) is 7. The van der Waals surface area contributed by atoms with Gasteiger partial charge in [-0.15, -0.1) is 0 Å². The summed E-state index contributed by atoms with van der Waals surface area (Å²) in [6, 6.07) is 9.49. The summed E-state index contributed by atoms with van der Waals surface area (Å²) in [7, 11) is -1.79. The Morgan fingerprint density at radius 2 is 2.03 bits per heavy atom. The van der Waals surface area contributed by atoms with E-state index in [2.05, 4.69) is 4.98 Å². The lowest BCUT2D eigenvalue weighted by molar-refractivity contribution is 0.0917. The fourth-order valence-corrected chi connectivity index (χ4v) is 5.74. The number of aromatic nitrogens is 1. The van der Waals surface area contributed by atoms with E-state index < -0.39 is 9.84 Å². The van der Waals surface area contributed by atoms with E-state index in [-0.39, 0.29) is 22.7 Å². The molecule has 32 heavy (non-hydrogen) atoms. The van der Waals surface area contributed by atoms with Crippen molar-refractivity contribution < 1.29 is 22.7 Å². The van der Waals surface area contributed by atoms with Crippen LogP contribution in [0.25, 0.3) is 10.2 Å². The van der Waals surface area contributed by atoms with Crippen molar-refractivity contribution in [1.82, 2.24) is 4.98 Å². The molecule has 1 aliphatic rings. The molecule has 0 saturated carbocycles. The molecular weight excluding hydrogens is 472 g/mol. The number of fused-ring (bicyclic) bond motifs is 1. The van der Waals surface area contributed by atoms with E-state index in [1.54, 1.807) is 31.1 Å². The van der Waals surface area contributed by atoms with Crippen LogP contribution >= 0.6 is 22.9 Å². The highest BCUT2D eigenvalue weighted by Crippen LogP contribution is 2.39. The molecule has 7 nitrogen and oxygen atoms in total. The lowest BCUT2D eigenvalue weighted by Gasteiger charge is -2.23. The largest absolute Gasteiger partial charge is 0.494 e. The standard InChI is InChI=1S/C22H23ClN2O5S2/c1-3-32(27,28)16-8-6-14(7-9-16)21(26)25(13-15-5-4-12-30-15)22-24-19-18(29-2)11-10-17(23)20(19)31-22/h6-11,15H,3-5,12-13H2,1-2H3. The van der Waals surface area contributed by atoms with Crippen molar-refractivity contribution in [2.24, 2.45) is 0 Å². The third-order valence-electron chi connectivity index (χ3n) is 5.39. The summed E-state index contributed by atoms with van der Waals surface area (Å²) in [6.07, 6.45) is 1.70. The van der Waals surface area contributed by atoms with Crippen molar-refractivity contribution in [3.63, 3.8) is 0 Å². The minimum atomic E-state index is -3.35. The van der Waals surface area contributed by atoms with Gasteiger partial charge in [0, 0.05) is 12.2 Å². The molecule has 0 N–H and O–H groups in total. The molecule has 2 aromatic carbocycles. The van der Waals surface area contributed by atoms with Gasteiger partial charge in [0.1, 0.15) is 11.3 Å². The molecule has 3 aromatic rings. The number of ether oxygens (including phenoxy) is 2.